The fraction of sp³-hybridized carbons (Fsp3) is 0.344. The molecule has 6 rings (SSSR count). The predicted octanol–water partition coefficient (Wildman–Crippen LogP) is 4.82. The first-order chi connectivity index (χ1) is 19.2. The molecule has 4 aromatic rings. The van der Waals surface area contributed by atoms with Gasteiger partial charge in [0, 0.05) is 37.7 Å². The van der Waals surface area contributed by atoms with E-state index in [9.17, 15) is 4.79 Å². The molecule has 1 aromatic heterocycles. The summed E-state index contributed by atoms with van der Waals surface area (Å²) in [5.41, 5.74) is 6.31. The van der Waals surface area contributed by atoms with Crippen molar-refractivity contribution in [2.45, 2.75) is 45.4 Å². The van der Waals surface area contributed by atoms with Crippen LogP contribution in [0.2, 0.25) is 0 Å². The highest BCUT2D eigenvalue weighted by Gasteiger charge is 2.26. The lowest BCUT2D eigenvalue weighted by Gasteiger charge is -2.30. The van der Waals surface area contributed by atoms with Crippen LogP contribution in [0.4, 0.5) is 0 Å². The monoisotopic (exact) mass is 521 g/mol. The normalized spacial score (nSPS) is 16.6. The van der Waals surface area contributed by atoms with Crippen molar-refractivity contribution in [3.8, 4) is 11.4 Å². The molecule has 39 heavy (non-hydrogen) atoms. The zero-order valence-electron chi connectivity index (χ0n) is 22.3. The minimum Gasteiger partial charge on any atom is -0.352 e. The third-order valence-electron chi connectivity index (χ3n) is 7.89. The molecule has 0 aliphatic carbocycles. The van der Waals surface area contributed by atoms with Gasteiger partial charge < -0.3 is 9.84 Å². The molecule has 3 heterocycles. The number of carbonyl (C=O) groups excluding carboxylic acids is 1. The molecule has 1 saturated heterocycles. The van der Waals surface area contributed by atoms with Gasteiger partial charge in [0.2, 0.25) is 17.6 Å². The number of rotatable bonds is 8. The Morgan fingerprint density at radius 3 is 2.46 bits per heavy atom. The van der Waals surface area contributed by atoms with Crippen LogP contribution in [0.25, 0.3) is 11.4 Å². The fourth-order valence-electron chi connectivity index (χ4n) is 5.69. The number of amides is 1. The Morgan fingerprint density at radius 2 is 1.62 bits per heavy atom. The maximum absolute atomic E-state index is 12.9. The molecule has 2 aliphatic heterocycles. The quantitative estimate of drug-likeness (QED) is 0.358. The number of benzene rings is 3. The number of piperidine rings is 1. The smallest absolute Gasteiger partial charge is 0.241 e. The fourth-order valence-corrected chi connectivity index (χ4v) is 5.69. The molecule has 0 atom stereocenters. The first-order valence-corrected chi connectivity index (χ1v) is 13.9. The number of hydrogen-bond acceptors (Lipinski definition) is 6. The summed E-state index contributed by atoms with van der Waals surface area (Å²) < 4.78 is 5.47. The molecule has 0 bridgehead atoms. The van der Waals surface area contributed by atoms with Crippen LogP contribution in [0.15, 0.2) is 83.4 Å². The summed E-state index contributed by atoms with van der Waals surface area (Å²) in [6, 6.07) is 27.2. The summed E-state index contributed by atoms with van der Waals surface area (Å²) in [7, 11) is 0. The number of nitrogens with one attached hydrogen (secondary N) is 1. The summed E-state index contributed by atoms with van der Waals surface area (Å²) in [6.45, 7) is 5.88. The highest BCUT2D eigenvalue weighted by molar-refractivity contribution is 5.78. The standard InChI is InChI=1S/C32H35N5O2/c38-32(28-14-16-36(17-15-28)23-30-34-31(35-39-30)27-10-2-1-3-11-27)33-20-24-7-6-8-25(19-24)21-37-18-13-26-9-4-5-12-29(26)22-37/h1-12,19,28H,13-18,20-23H2,(H,33,38). The minimum atomic E-state index is 0.0421. The number of nitrogens with zero attached hydrogens (tertiary/aromatic N) is 4. The van der Waals surface area contributed by atoms with E-state index in [0.717, 1.165) is 63.1 Å². The topological polar surface area (TPSA) is 74.5 Å². The van der Waals surface area contributed by atoms with Crippen LogP contribution in [0.5, 0.6) is 0 Å². The van der Waals surface area contributed by atoms with Crippen molar-refractivity contribution in [2.24, 2.45) is 5.92 Å². The molecule has 200 valence electrons. The third kappa shape index (κ3) is 6.44. The molecule has 3 aromatic carbocycles. The van der Waals surface area contributed by atoms with Crippen molar-refractivity contribution in [2.75, 3.05) is 19.6 Å². The molecule has 7 heteroatoms. The second-order valence-electron chi connectivity index (χ2n) is 10.7. The summed E-state index contributed by atoms with van der Waals surface area (Å²) >= 11 is 0. The van der Waals surface area contributed by atoms with Crippen molar-refractivity contribution in [1.82, 2.24) is 25.3 Å². The molecule has 2 aliphatic rings. The highest BCUT2D eigenvalue weighted by atomic mass is 16.5. The van der Waals surface area contributed by atoms with Crippen LogP contribution in [0.1, 0.15) is 41.0 Å². The largest absolute Gasteiger partial charge is 0.352 e. The van der Waals surface area contributed by atoms with Gasteiger partial charge in [0.1, 0.15) is 0 Å². The number of carbonyl (C=O) groups is 1. The summed E-state index contributed by atoms with van der Waals surface area (Å²) in [5.74, 6) is 1.42. The van der Waals surface area contributed by atoms with Crippen LogP contribution in [-0.2, 0) is 37.4 Å². The van der Waals surface area contributed by atoms with E-state index < -0.39 is 0 Å². The molecule has 7 nitrogen and oxygen atoms in total. The van der Waals surface area contributed by atoms with E-state index in [0.29, 0.717) is 24.8 Å². The van der Waals surface area contributed by atoms with E-state index in [1.807, 2.05) is 30.3 Å². The Morgan fingerprint density at radius 1 is 0.846 bits per heavy atom. The van der Waals surface area contributed by atoms with Crippen LogP contribution in [0.3, 0.4) is 0 Å². The van der Waals surface area contributed by atoms with Crippen LogP contribution >= 0.6 is 0 Å². The van der Waals surface area contributed by atoms with Gasteiger partial charge in [-0.15, -0.1) is 0 Å². The van der Waals surface area contributed by atoms with Gasteiger partial charge in [-0.1, -0.05) is 84.0 Å². The van der Waals surface area contributed by atoms with Crippen molar-refractivity contribution in [1.29, 1.82) is 0 Å². The van der Waals surface area contributed by atoms with Crippen LogP contribution in [-0.4, -0.2) is 45.5 Å². The second kappa shape index (κ2) is 11.9. The Balaban J connectivity index is 0.951. The van der Waals surface area contributed by atoms with Crippen molar-refractivity contribution >= 4 is 5.91 Å². The van der Waals surface area contributed by atoms with Gasteiger partial charge in [-0.05, 0) is 54.6 Å². The maximum atomic E-state index is 12.9. The van der Waals surface area contributed by atoms with E-state index in [1.165, 1.54) is 16.7 Å². The average molecular weight is 522 g/mol. The first-order valence-electron chi connectivity index (χ1n) is 13.9. The maximum Gasteiger partial charge on any atom is 0.241 e. The SMILES string of the molecule is O=C(NCc1cccc(CN2CCc3ccccc3C2)c1)C1CCN(Cc2nc(-c3ccccc3)no2)CC1. The van der Waals surface area contributed by atoms with Crippen molar-refractivity contribution in [3.05, 3.63) is 107 Å². The predicted molar refractivity (Wildman–Crippen MR) is 150 cm³/mol. The van der Waals surface area contributed by atoms with Gasteiger partial charge in [0.15, 0.2) is 0 Å². The van der Waals surface area contributed by atoms with E-state index in [1.54, 1.807) is 0 Å². The van der Waals surface area contributed by atoms with Gasteiger partial charge in [-0.2, -0.15) is 4.98 Å². The Labute approximate surface area is 229 Å². The second-order valence-corrected chi connectivity index (χ2v) is 10.7. The number of likely N-dealkylation sites (tertiary alicyclic amines) is 1. The molecule has 0 saturated carbocycles. The van der Waals surface area contributed by atoms with Crippen molar-refractivity contribution < 1.29 is 9.32 Å². The summed E-state index contributed by atoms with van der Waals surface area (Å²) in [4.78, 5) is 22.3. The number of hydrogen-bond donors (Lipinski definition) is 1. The molecule has 0 unspecified atom stereocenters. The molecule has 1 N–H and O–H groups in total. The Hall–Kier alpha value is -3.81. The highest BCUT2D eigenvalue weighted by Crippen LogP contribution is 2.22. The van der Waals surface area contributed by atoms with Gasteiger partial charge in [-0.25, -0.2) is 0 Å². The Kier molecular flexibility index (Phi) is 7.79. The van der Waals surface area contributed by atoms with Crippen LogP contribution < -0.4 is 5.32 Å². The number of fused-ring (bicyclic) bond motifs is 1. The third-order valence-corrected chi connectivity index (χ3v) is 7.89. The van der Waals surface area contributed by atoms with E-state index >= 15 is 0 Å². The summed E-state index contributed by atoms with van der Waals surface area (Å²) in [5, 5.41) is 7.30. The lowest BCUT2D eigenvalue weighted by molar-refractivity contribution is -0.126. The number of aromatic nitrogens is 2. The van der Waals surface area contributed by atoms with Gasteiger partial charge in [0.05, 0.1) is 6.54 Å². The average Bonchev–Trinajstić information content (AvgIpc) is 3.45. The molecule has 1 amide bonds. The van der Waals surface area contributed by atoms with Gasteiger partial charge >= 0.3 is 0 Å². The molecule has 1 fully saturated rings. The molecule has 0 radical (unpaired) electrons. The lowest BCUT2D eigenvalue weighted by atomic mass is 9.95. The minimum absolute atomic E-state index is 0.0421. The molecular formula is C32H35N5O2. The first kappa shape index (κ1) is 25.5. The van der Waals surface area contributed by atoms with Gasteiger partial charge in [0.25, 0.3) is 0 Å². The van der Waals surface area contributed by atoms with Gasteiger partial charge in [-0.3, -0.25) is 14.6 Å². The van der Waals surface area contributed by atoms with E-state index in [-0.39, 0.29) is 11.8 Å². The van der Waals surface area contributed by atoms with E-state index in [2.05, 4.69) is 73.8 Å². The zero-order chi connectivity index (χ0) is 26.4. The van der Waals surface area contributed by atoms with E-state index in [4.69, 9.17) is 4.52 Å². The molecule has 0 spiro atoms. The Bertz CT molecular complexity index is 1390. The lowest BCUT2D eigenvalue weighted by Crippen LogP contribution is -2.40. The zero-order valence-corrected chi connectivity index (χ0v) is 22.3. The van der Waals surface area contributed by atoms with Crippen molar-refractivity contribution in [3.63, 3.8) is 0 Å². The summed E-state index contributed by atoms with van der Waals surface area (Å²) in [6.07, 6.45) is 2.78. The van der Waals surface area contributed by atoms with Crippen LogP contribution in [0, 0.1) is 5.92 Å². The molecular weight excluding hydrogens is 486 g/mol.